The third kappa shape index (κ3) is 4.75. The lowest BCUT2D eigenvalue weighted by Gasteiger charge is -2.37. The zero-order valence-corrected chi connectivity index (χ0v) is 21.0. The smallest absolute Gasteiger partial charge is 0.115 e. The highest BCUT2D eigenvalue weighted by Gasteiger charge is 2.47. The summed E-state index contributed by atoms with van der Waals surface area (Å²) in [5.41, 5.74) is 3.24. The predicted molar refractivity (Wildman–Crippen MR) is 134 cm³/mol. The molecule has 2 unspecified atom stereocenters. The lowest BCUT2D eigenvalue weighted by molar-refractivity contribution is 0.266. The van der Waals surface area contributed by atoms with Gasteiger partial charge < -0.3 is 0 Å². The summed E-state index contributed by atoms with van der Waals surface area (Å²) in [5, 5.41) is 5.50. The summed E-state index contributed by atoms with van der Waals surface area (Å²) < 4.78 is 0. The Kier molecular flexibility index (Phi) is 8.71. The van der Waals surface area contributed by atoms with Crippen LogP contribution in [0, 0.1) is 16.7 Å². The Morgan fingerprint density at radius 3 is 2.10 bits per heavy atom. The molecule has 2 nitrogen and oxygen atoms in total. The van der Waals surface area contributed by atoms with E-state index in [0.29, 0.717) is 6.54 Å². The number of unbranched alkanes of at least 4 members (excludes halogenated alkanes) is 2. The Morgan fingerprint density at radius 1 is 0.933 bits per heavy atom. The highest BCUT2D eigenvalue weighted by atomic mass is 32.1. The van der Waals surface area contributed by atoms with Crippen LogP contribution in [0.2, 0.25) is 0 Å². The van der Waals surface area contributed by atoms with Crippen molar-refractivity contribution < 1.29 is 0 Å². The van der Waals surface area contributed by atoms with Crippen molar-refractivity contribution in [2.45, 2.75) is 104 Å². The molecule has 2 heterocycles. The molecule has 0 bridgehead atoms. The van der Waals surface area contributed by atoms with Crippen LogP contribution < -0.4 is 0 Å². The summed E-state index contributed by atoms with van der Waals surface area (Å²) in [7, 11) is 0. The number of fused-ring (bicyclic) bond motifs is 3. The molecule has 0 amide bonds. The Labute approximate surface area is 191 Å². The van der Waals surface area contributed by atoms with Gasteiger partial charge in [-0.1, -0.05) is 84.2 Å². The van der Waals surface area contributed by atoms with Gasteiger partial charge in [0.15, 0.2) is 0 Å². The van der Waals surface area contributed by atoms with Crippen molar-refractivity contribution in [3.05, 3.63) is 38.4 Å². The molecule has 0 radical (unpaired) electrons. The van der Waals surface area contributed by atoms with Crippen molar-refractivity contribution in [1.29, 1.82) is 0 Å². The van der Waals surface area contributed by atoms with Crippen molar-refractivity contribution in [3.63, 3.8) is 0 Å². The molecule has 0 saturated heterocycles. The third-order valence-electron chi connectivity index (χ3n) is 7.27. The van der Waals surface area contributed by atoms with Crippen LogP contribution in [0.5, 0.6) is 0 Å². The van der Waals surface area contributed by atoms with Gasteiger partial charge in [-0.05, 0) is 53.3 Å². The zero-order chi connectivity index (χ0) is 21.6. The van der Waals surface area contributed by atoms with Gasteiger partial charge in [-0.3, -0.25) is 0 Å². The van der Waals surface area contributed by atoms with Crippen LogP contribution in [0.25, 0.3) is 9.75 Å². The number of rotatable bonds is 14. The average Bonchev–Trinajstić information content (AvgIpc) is 3.44. The summed E-state index contributed by atoms with van der Waals surface area (Å²) in [5.74, 6) is 1.53. The van der Waals surface area contributed by atoms with E-state index in [9.17, 15) is 4.91 Å². The molecule has 1 aliphatic carbocycles. The molecular formula is C26H39NOS2. The van der Waals surface area contributed by atoms with Crippen molar-refractivity contribution in [2.75, 3.05) is 0 Å². The van der Waals surface area contributed by atoms with E-state index in [4.69, 9.17) is 0 Å². The van der Waals surface area contributed by atoms with Crippen LogP contribution in [0.4, 0.5) is 0 Å². The Morgan fingerprint density at radius 2 is 1.57 bits per heavy atom. The number of nitrogens with zero attached hydrogens (tertiary/aromatic N) is 1. The van der Waals surface area contributed by atoms with Gasteiger partial charge in [-0.15, -0.1) is 22.7 Å². The van der Waals surface area contributed by atoms with Gasteiger partial charge >= 0.3 is 0 Å². The second kappa shape index (κ2) is 11.0. The number of hydrogen-bond donors (Lipinski definition) is 0. The Hall–Kier alpha value is -1.00. The lowest BCUT2D eigenvalue weighted by Crippen LogP contribution is -2.31. The largest absolute Gasteiger partial charge is 0.150 e. The van der Waals surface area contributed by atoms with Gasteiger partial charge in [0, 0.05) is 20.0 Å². The number of nitroso groups, excluding NO2 is 1. The molecule has 30 heavy (non-hydrogen) atoms. The molecule has 0 aromatic carbocycles. The molecular weight excluding hydrogens is 406 g/mol. The fraction of sp³-hybridized carbons (Fsp3) is 0.692. The van der Waals surface area contributed by atoms with E-state index in [1.54, 1.807) is 5.56 Å². The highest BCUT2D eigenvalue weighted by Crippen LogP contribution is 2.60. The molecule has 0 fully saturated rings. The quantitative estimate of drug-likeness (QED) is 0.266. The van der Waals surface area contributed by atoms with Crippen molar-refractivity contribution in [1.82, 2.24) is 0 Å². The maximum absolute atomic E-state index is 11.0. The normalized spacial score (nSPS) is 19.5. The molecule has 2 aromatic rings. The maximum Gasteiger partial charge on any atom is 0.115 e. The summed E-state index contributed by atoms with van der Waals surface area (Å²) in [6.45, 7) is 9.68. The minimum Gasteiger partial charge on any atom is -0.150 e. The van der Waals surface area contributed by atoms with Crippen molar-refractivity contribution >= 4 is 22.7 Å². The zero-order valence-electron chi connectivity index (χ0n) is 19.3. The second-order valence-electron chi connectivity index (χ2n) is 9.23. The van der Waals surface area contributed by atoms with E-state index < -0.39 is 0 Å². The lowest BCUT2D eigenvalue weighted by atomic mass is 9.66. The van der Waals surface area contributed by atoms with E-state index in [2.05, 4.69) is 50.4 Å². The molecule has 0 N–H and O–H groups in total. The monoisotopic (exact) mass is 445 g/mol. The van der Waals surface area contributed by atoms with Gasteiger partial charge in [0.1, 0.15) is 6.54 Å². The summed E-state index contributed by atoms with van der Waals surface area (Å²) in [4.78, 5) is 15.1. The van der Waals surface area contributed by atoms with Gasteiger partial charge in [-0.2, -0.15) is 4.91 Å². The van der Waals surface area contributed by atoms with E-state index in [-0.39, 0.29) is 5.41 Å². The predicted octanol–water partition coefficient (Wildman–Crippen LogP) is 9.56. The van der Waals surface area contributed by atoms with E-state index in [0.717, 1.165) is 16.7 Å². The molecule has 1 aliphatic rings. The molecule has 3 rings (SSSR count). The van der Waals surface area contributed by atoms with E-state index >= 15 is 0 Å². The van der Waals surface area contributed by atoms with Gasteiger partial charge in [0.05, 0.1) is 0 Å². The van der Waals surface area contributed by atoms with Crippen LogP contribution in [-0.4, -0.2) is 0 Å². The minimum atomic E-state index is 0.130. The van der Waals surface area contributed by atoms with Crippen LogP contribution in [0.3, 0.4) is 0 Å². The summed E-state index contributed by atoms with van der Waals surface area (Å²) in [6, 6.07) is 4.77. The first-order chi connectivity index (χ1) is 14.6. The van der Waals surface area contributed by atoms with E-state index in [1.807, 2.05) is 22.7 Å². The topological polar surface area (TPSA) is 29.4 Å². The van der Waals surface area contributed by atoms with Gasteiger partial charge in [-0.25, -0.2) is 0 Å². The molecule has 2 atom stereocenters. The summed E-state index contributed by atoms with van der Waals surface area (Å²) in [6.07, 6.45) is 12.9. The summed E-state index contributed by atoms with van der Waals surface area (Å²) >= 11 is 3.71. The SMILES string of the molecule is CCCCC(CC)CC1(CC(CC)CCCC)c2ccsc2-c2sc(CN=O)cc21. The van der Waals surface area contributed by atoms with Gasteiger partial charge in [0.2, 0.25) is 0 Å². The molecule has 0 spiro atoms. The van der Waals surface area contributed by atoms with Crippen LogP contribution >= 0.6 is 22.7 Å². The average molecular weight is 446 g/mol. The first-order valence-corrected chi connectivity index (χ1v) is 13.8. The first kappa shape index (κ1) is 23.7. The standard InChI is InChI=1S/C26H39NOS2/c1-5-9-11-19(7-3)16-26(17-20(8-4)12-10-6-2)22-13-14-29-24(22)25-23(26)15-21(30-25)18-27-28/h13-15,19-20H,5-12,16-18H2,1-4H3. The minimum absolute atomic E-state index is 0.130. The van der Waals surface area contributed by atoms with Crippen LogP contribution in [0.1, 0.15) is 108 Å². The molecule has 166 valence electrons. The second-order valence-corrected chi connectivity index (χ2v) is 11.3. The molecule has 2 aromatic heterocycles. The maximum atomic E-state index is 11.0. The Bertz CT molecular complexity index is 788. The molecule has 0 saturated carbocycles. The fourth-order valence-electron chi connectivity index (χ4n) is 5.51. The number of thiophene rings is 2. The molecule has 4 heteroatoms. The van der Waals surface area contributed by atoms with Crippen molar-refractivity contribution in [2.24, 2.45) is 17.0 Å². The fourth-order valence-corrected chi connectivity index (χ4v) is 7.85. The van der Waals surface area contributed by atoms with E-state index in [1.165, 1.54) is 79.5 Å². The Balaban J connectivity index is 2.05. The van der Waals surface area contributed by atoms with Crippen LogP contribution in [0.15, 0.2) is 22.7 Å². The van der Waals surface area contributed by atoms with Gasteiger partial charge in [0.25, 0.3) is 0 Å². The third-order valence-corrected chi connectivity index (χ3v) is 9.47. The highest BCUT2D eigenvalue weighted by molar-refractivity contribution is 7.21. The number of hydrogen-bond acceptors (Lipinski definition) is 4. The molecule has 0 aliphatic heterocycles. The van der Waals surface area contributed by atoms with Crippen LogP contribution in [-0.2, 0) is 12.0 Å². The first-order valence-electron chi connectivity index (χ1n) is 12.1. The van der Waals surface area contributed by atoms with Crippen molar-refractivity contribution in [3.8, 4) is 9.75 Å².